The van der Waals surface area contributed by atoms with Gasteiger partial charge in [0.05, 0.1) is 19.0 Å². The van der Waals surface area contributed by atoms with Gasteiger partial charge in [0.25, 0.3) is 0 Å². The Kier molecular flexibility index (Phi) is 9.01. The van der Waals surface area contributed by atoms with Crippen LogP contribution in [-0.4, -0.2) is 19.8 Å². The van der Waals surface area contributed by atoms with Crippen LogP contribution in [0, 0.1) is 5.92 Å². The fourth-order valence-electron chi connectivity index (χ4n) is 2.25. The van der Waals surface area contributed by atoms with Gasteiger partial charge >= 0.3 is 0 Å². The van der Waals surface area contributed by atoms with Crippen LogP contribution in [0.3, 0.4) is 0 Å². The molecule has 1 rings (SSSR count). The summed E-state index contributed by atoms with van der Waals surface area (Å²) in [5, 5.41) is 0. The number of rotatable bonds is 0. The van der Waals surface area contributed by atoms with E-state index in [0.717, 1.165) is 32.0 Å². The van der Waals surface area contributed by atoms with Crippen LogP contribution in [-0.2, 0) is 9.47 Å². The lowest BCUT2D eigenvalue weighted by molar-refractivity contribution is 0.0648. The summed E-state index contributed by atoms with van der Waals surface area (Å²) in [5.41, 5.74) is 0. The van der Waals surface area contributed by atoms with E-state index in [1.807, 2.05) is 0 Å². The molecule has 1 unspecified atom stereocenters. The van der Waals surface area contributed by atoms with Crippen LogP contribution in [0.2, 0.25) is 0 Å². The van der Waals surface area contributed by atoms with Gasteiger partial charge in [0.2, 0.25) is 0 Å². The highest BCUT2D eigenvalue weighted by molar-refractivity contribution is 4.82. The van der Waals surface area contributed by atoms with E-state index >= 15 is 0 Å². The molecule has 0 aliphatic carbocycles. The van der Waals surface area contributed by atoms with Crippen LogP contribution in [0.1, 0.15) is 64.7 Å². The van der Waals surface area contributed by atoms with Crippen molar-refractivity contribution in [2.24, 2.45) is 5.92 Å². The maximum absolute atomic E-state index is 5.68. The Labute approximate surface area is 113 Å². The minimum Gasteiger partial charge on any atom is -0.498 e. The minimum absolute atomic E-state index is 0.467. The second kappa shape index (κ2) is 10.4. The Morgan fingerprint density at radius 1 is 0.889 bits per heavy atom. The topological polar surface area (TPSA) is 18.5 Å². The first-order valence-corrected chi connectivity index (χ1v) is 7.67. The predicted octanol–water partition coefficient (Wildman–Crippen LogP) is 4.69. The molecule has 0 radical (unpaired) electrons. The van der Waals surface area contributed by atoms with Crippen molar-refractivity contribution in [2.75, 3.05) is 19.8 Å². The Hall–Kier alpha value is -0.500. The quantitative estimate of drug-likeness (QED) is 0.624. The van der Waals surface area contributed by atoms with E-state index in [-0.39, 0.29) is 0 Å². The van der Waals surface area contributed by atoms with Crippen LogP contribution in [0.5, 0.6) is 0 Å². The van der Waals surface area contributed by atoms with Gasteiger partial charge in [-0.25, -0.2) is 0 Å². The van der Waals surface area contributed by atoms with Gasteiger partial charge < -0.3 is 9.47 Å². The second-order valence-electron chi connectivity index (χ2n) is 5.61. The molecule has 1 saturated heterocycles. The van der Waals surface area contributed by atoms with E-state index in [1.165, 1.54) is 51.4 Å². The van der Waals surface area contributed by atoms with E-state index in [0.29, 0.717) is 5.92 Å². The normalized spacial score (nSPS) is 26.5. The molecule has 1 aliphatic heterocycles. The third kappa shape index (κ3) is 8.57. The van der Waals surface area contributed by atoms with E-state index < -0.39 is 0 Å². The lowest BCUT2D eigenvalue weighted by Gasteiger charge is -2.15. The van der Waals surface area contributed by atoms with Crippen LogP contribution in [0.25, 0.3) is 0 Å². The molecular formula is C16H30O2. The zero-order valence-corrected chi connectivity index (χ0v) is 12.1. The average molecular weight is 254 g/mol. The van der Waals surface area contributed by atoms with Gasteiger partial charge in [0.1, 0.15) is 0 Å². The van der Waals surface area contributed by atoms with Gasteiger partial charge in [0, 0.05) is 18.9 Å². The summed E-state index contributed by atoms with van der Waals surface area (Å²) in [5.74, 6) is 1.42. The van der Waals surface area contributed by atoms with E-state index in [1.54, 1.807) is 0 Å². The van der Waals surface area contributed by atoms with Gasteiger partial charge in [-0.2, -0.15) is 0 Å². The summed E-state index contributed by atoms with van der Waals surface area (Å²) >= 11 is 0. The molecule has 2 nitrogen and oxygen atoms in total. The molecular weight excluding hydrogens is 224 g/mol. The molecule has 0 amide bonds. The third-order valence-electron chi connectivity index (χ3n) is 3.47. The largest absolute Gasteiger partial charge is 0.498 e. The first-order chi connectivity index (χ1) is 8.79. The van der Waals surface area contributed by atoms with Crippen LogP contribution in [0.15, 0.2) is 12.3 Å². The molecule has 1 aliphatic rings. The lowest BCUT2D eigenvalue weighted by Crippen LogP contribution is -2.13. The molecule has 0 aromatic rings. The summed E-state index contributed by atoms with van der Waals surface area (Å²) in [6, 6.07) is 0. The van der Waals surface area contributed by atoms with E-state index in [4.69, 9.17) is 9.47 Å². The lowest BCUT2D eigenvalue weighted by atomic mass is 10.1. The molecule has 0 spiro atoms. The average Bonchev–Trinajstić information content (AvgIpc) is 2.36. The zero-order chi connectivity index (χ0) is 13.1. The molecule has 1 fully saturated rings. The monoisotopic (exact) mass is 254 g/mol. The first-order valence-electron chi connectivity index (χ1n) is 7.67. The maximum Gasteiger partial charge on any atom is 0.0924 e. The highest BCUT2D eigenvalue weighted by Crippen LogP contribution is 2.14. The highest BCUT2D eigenvalue weighted by atomic mass is 16.5. The van der Waals surface area contributed by atoms with Crippen molar-refractivity contribution in [1.29, 1.82) is 0 Å². The second-order valence-corrected chi connectivity index (χ2v) is 5.61. The molecule has 0 saturated carbocycles. The van der Waals surface area contributed by atoms with Gasteiger partial charge in [-0.3, -0.25) is 0 Å². The molecule has 1 heterocycles. The molecule has 0 N–H and O–H groups in total. The Morgan fingerprint density at radius 2 is 1.50 bits per heavy atom. The Bertz CT molecular complexity index is 213. The summed E-state index contributed by atoms with van der Waals surface area (Å²) in [6.45, 7) is 8.64. The molecule has 0 bridgehead atoms. The molecule has 2 heteroatoms. The van der Waals surface area contributed by atoms with Crippen molar-refractivity contribution in [3.8, 4) is 0 Å². The molecule has 0 aromatic carbocycles. The molecule has 0 aromatic heterocycles. The SMILES string of the molecule is C=C1CCCCCCCCCCOCC(C)CO1. The van der Waals surface area contributed by atoms with Crippen LogP contribution < -0.4 is 0 Å². The fraction of sp³-hybridized carbons (Fsp3) is 0.875. The first kappa shape index (κ1) is 15.6. The van der Waals surface area contributed by atoms with Crippen molar-refractivity contribution in [3.63, 3.8) is 0 Å². The number of hydrogen-bond donors (Lipinski definition) is 0. The highest BCUT2D eigenvalue weighted by Gasteiger charge is 2.05. The summed E-state index contributed by atoms with van der Waals surface area (Å²) < 4.78 is 11.4. The zero-order valence-electron chi connectivity index (χ0n) is 12.1. The van der Waals surface area contributed by atoms with Crippen LogP contribution >= 0.6 is 0 Å². The maximum atomic E-state index is 5.68. The van der Waals surface area contributed by atoms with Crippen LogP contribution in [0.4, 0.5) is 0 Å². The molecule has 1 atom stereocenters. The third-order valence-corrected chi connectivity index (χ3v) is 3.47. The smallest absolute Gasteiger partial charge is 0.0924 e. The number of allylic oxidation sites excluding steroid dienone is 1. The van der Waals surface area contributed by atoms with E-state index in [9.17, 15) is 0 Å². The number of hydrogen-bond acceptors (Lipinski definition) is 2. The Balaban J connectivity index is 2.21. The van der Waals surface area contributed by atoms with Crippen molar-refractivity contribution in [3.05, 3.63) is 12.3 Å². The van der Waals surface area contributed by atoms with Gasteiger partial charge in [-0.05, 0) is 12.8 Å². The predicted molar refractivity (Wildman–Crippen MR) is 76.6 cm³/mol. The van der Waals surface area contributed by atoms with Crippen molar-refractivity contribution < 1.29 is 9.47 Å². The number of ether oxygens (including phenoxy) is 2. The van der Waals surface area contributed by atoms with Gasteiger partial charge in [0.15, 0.2) is 0 Å². The van der Waals surface area contributed by atoms with E-state index in [2.05, 4.69) is 13.5 Å². The van der Waals surface area contributed by atoms with Crippen molar-refractivity contribution in [2.45, 2.75) is 64.7 Å². The standard InChI is InChI=1S/C16H30O2/c1-15-13-17-12-10-8-6-4-3-5-7-9-11-16(2)18-14-15/h15H,2-14H2,1H3. The summed E-state index contributed by atoms with van der Waals surface area (Å²) in [7, 11) is 0. The molecule has 18 heavy (non-hydrogen) atoms. The van der Waals surface area contributed by atoms with Gasteiger partial charge in [-0.1, -0.05) is 52.0 Å². The molecule has 106 valence electrons. The minimum atomic E-state index is 0.467. The van der Waals surface area contributed by atoms with Crippen molar-refractivity contribution >= 4 is 0 Å². The summed E-state index contributed by atoms with van der Waals surface area (Å²) in [6.07, 6.45) is 11.6. The fourth-order valence-corrected chi connectivity index (χ4v) is 2.25. The van der Waals surface area contributed by atoms with Gasteiger partial charge in [-0.15, -0.1) is 0 Å². The Morgan fingerprint density at radius 3 is 2.22 bits per heavy atom. The van der Waals surface area contributed by atoms with Crippen molar-refractivity contribution in [1.82, 2.24) is 0 Å². The summed E-state index contributed by atoms with van der Waals surface area (Å²) in [4.78, 5) is 0.